The van der Waals surface area contributed by atoms with Crippen LogP contribution in [0.2, 0.25) is 0 Å². The molecule has 0 unspecified atom stereocenters. The minimum Gasteiger partial charge on any atom is -0.397 e. The Bertz CT molecular complexity index is 453. The van der Waals surface area contributed by atoms with Crippen LogP contribution in [0.15, 0.2) is 18.2 Å². The fraction of sp³-hybridized carbons (Fsp3) is 0.571. The van der Waals surface area contributed by atoms with Crippen LogP contribution >= 0.6 is 0 Å². The van der Waals surface area contributed by atoms with Crippen molar-refractivity contribution in [2.24, 2.45) is 5.41 Å². The number of nitrogens with zero attached hydrogens (tertiary/aromatic N) is 1. The molecule has 0 aliphatic heterocycles. The molecular formula is C14H22F3N3. The molecule has 0 aromatic heterocycles. The lowest BCUT2D eigenvalue weighted by molar-refractivity contribution is -0.137. The molecule has 0 atom stereocenters. The van der Waals surface area contributed by atoms with Crippen LogP contribution < -0.4 is 11.1 Å². The van der Waals surface area contributed by atoms with Gasteiger partial charge in [-0.2, -0.15) is 13.2 Å². The number of halogens is 3. The van der Waals surface area contributed by atoms with E-state index in [9.17, 15) is 13.2 Å². The van der Waals surface area contributed by atoms with Crippen molar-refractivity contribution in [3.63, 3.8) is 0 Å². The first kappa shape index (κ1) is 16.6. The minimum atomic E-state index is -4.36. The average molecular weight is 289 g/mol. The smallest absolute Gasteiger partial charge is 0.397 e. The zero-order valence-corrected chi connectivity index (χ0v) is 12.3. The van der Waals surface area contributed by atoms with Crippen LogP contribution in [0.1, 0.15) is 19.4 Å². The number of hydrogen-bond acceptors (Lipinski definition) is 3. The number of nitrogen functional groups attached to an aromatic ring is 1. The van der Waals surface area contributed by atoms with E-state index >= 15 is 0 Å². The standard InChI is InChI=1S/C14H22F3N3/c1-13(2,9-20(3)4)8-19-12-6-5-10(7-11(12)18)14(15,16)17/h5-7,19H,8-9,18H2,1-4H3. The maximum absolute atomic E-state index is 12.5. The molecule has 0 saturated heterocycles. The number of rotatable bonds is 5. The van der Waals surface area contributed by atoms with Crippen LogP contribution in [0.5, 0.6) is 0 Å². The Morgan fingerprint density at radius 1 is 1.20 bits per heavy atom. The normalized spacial score (nSPS) is 12.8. The molecule has 1 rings (SSSR count). The van der Waals surface area contributed by atoms with Crippen molar-refractivity contribution >= 4 is 11.4 Å². The first-order valence-electron chi connectivity index (χ1n) is 6.36. The van der Waals surface area contributed by atoms with Gasteiger partial charge in [-0.1, -0.05) is 13.8 Å². The summed E-state index contributed by atoms with van der Waals surface area (Å²) in [5.74, 6) is 0. The summed E-state index contributed by atoms with van der Waals surface area (Å²) in [6, 6.07) is 3.38. The van der Waals surface area contributed by atoms with Gasteiger partial charge in [-0.3, -0.25) is 0 Å². The van der Waals surface area contributed by atoms with E-state index in [-0.39, 0.29) is 11.1 Å². The second kappa shape index (κ2) is 5.91. The van der Waals surface area contributed by atoms with E-state index in [4.69, 9.17) is 5.73 Å². The van der Waals surface area contributed by atoms with Gasteiger partial charge in [0, 0.05) is 13.1 Å². The molecule has 0 aliphatic rings. The number of benzene rings is 1. The number of alkyl halides is 3. The van der Waals surface area contributed by atoms with E-state index in [1.54, 1.807) is 0 Å². The van der Waals surface area contributed by atoms with Crippen molar-refractivity contribution < 1.29 is 13.2 Å². The van der Waals surface area contributed by atoms with Crippen LogP contribution in [-0.2, 0) is 6.18 Å². The zero-order chi connectivity index (χ0) is 15.6. The lowest BCUT2D eigenvalue weighted by atomic mass is 9.93. The molecule has 1 aromatic rings. The third-order valence-corrected chi connectivity index (χ3v) is 2.88. The van der Waals surface area contributed by atoms with Crippen LogP contribution in [0.3, 0.4) is 0 Å². The fourth-order valence-corrected chi connectivity index (χ4v) is 2.15. The van der Waals surface area contributed by atoms with Gasteiger partial charge in [-0.05, 0) is 37.7 Å². The molecule has 1 aromatic carbocycles. The first-order chi connectivity index (χ1) is 9.01. The molecule has 0 saturated carbocycles. The molecule has 0 aliphatic carbocycles. The highest BCUT2D eigenvalue weighted by molar-refractivity contribution is 5.67. The molecule has 114 valence electrons. The van der Waals surface area contributed by atoms with E-state index < -0.39 is 11.7 Å². The maximum atomic E-state index is 12.5. The third kappa shape index (κ3) is 4.92. The molecule has 0 heterocycles. The molecule has 0 amide bonds. The molecule has 0 spiro atoms. The second-order valence-electron chi connectivity index (χ2n) is 6.06. The van der Waals surface area contributed by atoms with E-state index in [1.807, 2.05) is 14.1 Å². The molecule has 20 heavy (non-hydrogen) atoms. The zero-order valence-electron chi connectivity index (χ0n) is 12.3. The van der Waals surface area contributed by atoms with Gasteiger partial charge in [-0.25, -0.2) is 0 Å². The van der Waals surface area contributed by atoms with Gasteiger partial charge in [0.15, 0.2) is 0 Å². The molecule has 0 bridgehead atoms. The summed E-state index contributed by atoms with van der Waals surface area (Å²) in [7, 11) is 3.96. The van der Waals surface area contributed by atoms with Crippen molar-refractivity contribution in [1.82, 2.24) is 4.90 Å². The van der Waals surface area contributed by atoms with E-state index in [2.05, 4.69) is 24.1 Å². The average Bonchev–Trinajstić information content (AvgIpc) is 2.24. The number of anilines is 2. The third-order valence-electron chi connectivity index (χ3n) is 2.88. The van der Waals surface area contributed by atoms with Crippen molar-refractivity contribution in [2.45, 2.75) is 20.0 Å². The van der Waals surface area contributed by atoms with Crippen LogP contribution in [0.4, 0.5) is 24.5 Å². The van der Waals surface area contributed by atoms with Crippen molar-refractivity contribution in [1.29, 1.82) is 0 Å². The Balaban J connectivity index is 2.75. The highest BCUT2D eigenvalue weighted by Crippen LogP contribution is 2.33. The molecular weight excluding hydrogens is 267 g/mol. The summed E-state index contributed by atoms with van der Waals surface area (Å²) < 4.78 is 37.6. The largest absolute Gasteiger partial charge is 0.416 e. The molecule has 3 N–H and O–H groups in total. The Kier molecular flexibility index (Phi) is 4.91. The predicted molar refractivity (Wildman–Crippen MR) is 76.7 cm³/mol. The quantitative estimate of drug-likeness (QED) is 0.817. The Labute approximate surface area is 117 Å². The highest BCUT2D eigenvalue weighted by atomic mass is 19.4. The SMILES string of the molecule is CN(C)CC(C)(C)CNc1ccc(C(F)(F)F)cc1N. The molecule has 3 nitrogen and oxygen atoms in total. The Hall–Kier alpha value is -1.43. The summed E-state index contributed by atoms with van der Waals surface area (Å²) in [5, 5.41) is 3.12. The van der Waals surface area contributed by atoms with Gasteiger partial charge in [0.05, 0.1) is 16.9 Å². The lowest BCUT2D eigenvalue weighted by Crippen LogP contribution is -2.34. The van der Waals surface area contributed by atoms with Crippen LogP contribution in [0, 0.1) is 5.41 Å². The monoisotopic (exact) mass is 289 g/mol. The summed E-state index contributed by atoms with van der Waals surface area (Å²) in [6.45, 7) is 5.65. The van der Waals surface area contributed by atoms with Gasteiger partial charge in [0.1, 0.15) is 0 Å². The number of hydrogen-bond donors (Lipinski definition) is 2. The Morgan fingerprint density at radius 3 is 2.25 bits per heavy atom. The molecule has 0 radical (unpaired) electrons. The van der Waals surface area contributed by atoms with Crippen LogP contribution in [-0.4, -0.2) is 32.1 Å². The second-order valence-corrected chi connectivity index (χ2v) is 6.06. The van der Waals surface area contributed by atoms with Crippen molar-refractivity contribution in [3.05, 3.63) is 23.8 Å². The number of nitrogens with two attached hydrogens (primary N) is 1. The Morgan fingerprint density at radius 2 is 1.80 bits per heavy atom. The van der Waals surface area contributed by atoms with E-state index in [0.717, 1.165) is 18.7 Å². The van der Waals surface area contributed by atoms with Gasteiger partial charge in [0.2, 0.25) is 0 Å². The number of nitrogens with one attached hydrogen (secondary N) is 1. The van der Waals surface area contributed by atoms with Gasteiger partial charge in [0.25, 0.3) is 0 Å². The lowest BCUT2D eigenvalue weighted by Gasteiger charge is -2.29. The minimum absolute atomic E-state index is 0.0152. The maximum Gasteiger partial charge on any atom is 0.416 e. The highest BCUT2D eigenvalue weighted by Gasteiger charge is 2.30. The van der Waals surface area contributed by atoms with Gasteiger partial charge >= 0.3 is 6.18 Å². The summed E-state index contributed by atoms with van der Waals surface area (Å²) >= 11 is 0. The molecule has 0 fully saturated rings. The van der Waals surface area contributed by atoms with Gasteiger partial charge in [-0.15, -0.1) is 0 Å². The molecule has 6 heteroatoms. The van der Waals surface area contributed by atoms with E-state index in [1.165, 1.54) is 6.07 Å². The van der Waals surface area contributed by atoms with Crippen molar-refractivity contribution in [2.75, 3.05) is 38.2 Å². The van der Waals surface area contributed by atoms with Crippen LogP contribution in [0.25, 0.3) is 0 Å². The first-order valence-corrected chi connectivity index (χ1v) is 6.36. The predicted octanol–water partition coefficient (Wildman–Crippen LogP) is 3.29. The van der Waals surface area contributed by atoms with E-state index in [0.29, 0.717) is 12.2 Å². The topological polar surface area (TPSA) is 41.3 Å². The van der Waals surface area contributed by atoms with Gasteiger partial charge < -0.3 is 16.0 Å². The summed E-state index contributed by atoms with van der Waals surface area (Å²) in [4.78, 5) is 2.07. The summed E-state index contributed by atoms with van der Waals surface area (Å²) in [5.41, 5.74) is 5.58. The fourth-order valence-electron chi connectivity index (χ4n) is 2.15. The summed E-state index contributed by atoms with van der Waals surface area (Å²) in [6.07, 6.45) is -4.36. The van der Waals surface area contributed by atoms with Crippen molar-refractivity contribution in [3.8, 4) is 0 Å².